The van der Waals surface area contributed by atoms with Gasteiger partial charge in [0, 0.05) is 11.1 Å². The predicted octanol–water partition coefficient (Wildman–Crippen LogP) is 2.66. The fourth-order valence-corrected chi connectivity index (χ4v) is 0.787. The molecule has 0 heterocycles. The van der Waals surface area contributed by atoms with Crippen molar-refractivity contribution in [3.8, 4) is 0 Å². The smallest absolute Gasteiger partial charge is 0.167 e. The van der Waals surface area contributed by atoms with Crippen LogP contribution in [0.1, 0.15) is 4.11 Å². The summed E-state index contributed by atoms with van der Waals surface area (Å²) in [6.45, 7) is -2.54. The first-order chi connectivity index (χ1) is 6.31. The maximum atomic E-state index is 13.1. The van der Waals surface area contributed by atoms with Crippen molar-refractivity contribution in [2.45, 2.75) is 0 Å². The van der Waals surface area contributed by atoms with Crippen LogP contribution in [0, 0.1) is 11.6 Å². The summed E-state index contributed by atoms with van der Waals surface area (Å²) in [5, 5.41) is 1.17. The highest BCUT2D eigenvalue weighted by Gasteiger charge is 2.09. The molecule has 0 aromatic heterocycles. The van der Waals surface area contributed by atoms with Crippen LogP contribution < -0.4 is 5.32 Å². The van der Waals surface area contributed by atoms with E-state index in [9.17, 15) is 8.78 Å². The molecule has 0 radical (unpaired) electrons. The molecule has 0 aliphatic heterocycles. The van der Waals surface area contributed by atoms with Crippen molar-refractivity contribution in [1.82, 2.24) is 0 Å². The van der Waals surface area contributed by atoms with Gasteiger partial charge in [-0.15, -0.1) is 0 Å². The van der Waals surface area contributed by atoms with Gasteiger partial charge in [0.2, 0.25) is 0 Å². The molecule has 0 aliphatic carbocycles. The summed E-state index contributed by atoms with van der Waals surface area (Å²) in [6, 6.07) is 1.86. The van der Waals surface area contributed by atoms with E-state index in [1.165, 1.54) is 0 Å². The van der Waals surface area contributed by atoms with Crippen molar-refractivity contribution in [3.05, 3.63) is 28.8 Å². The summed E-state index contributed by atoms with van der Waals surface area (Å²) in [6.07, 6.45) is 0. The van der Waals surface area contributed by atoms with E-state index in [0.717, 1.165) is 12.1 Å². The molecule has 0 amide bonds. The summed E-state index contributed by atoms with van der Waals surface area (Å²) in [5.41, 5.74) is -0.351. The van der Waals surface area contributed by atoms with Crippen LogP contribution in [0.4, 0.5) is 14.5 Å². The SMILES string of the molecule is [2H]C([2H])([2H])Nc1ccc(F)c(Cl)c1F. The Morgan fingerprint density at radius 2 is 2.27 bits per heavy atom. The monoisotopic (exact) mass is 180 g/mol. The molecule has 4 heteroatoms. The molecule has 1 nitrogen and oxygen atoms in total. The van der Waals surface area contributed by atoms with Crippen molar-refractivity contribution in [3.63, 3.8) is 0 Å². The average Bonchev–Trinajstić information content (AvgIpc) is 2.04. The molecule has 1 rings (SSSR count). The van der Waals surface area contributed by atoms with Gasteiger partial charge in [0.15, 0.2) is 5.82 Å². The number of hydrogen-bond donors (Lipinski definition) is 1. The number of halogens is 3. The van der Waals surface area contributed by atoms with Crippen LogP contribution in [-0.2, 0) is 0 Å². The maximum Gasteiger partial charge on any atom is 0.167 e. The van der Waals surface area contributed by atoms with Gasteiger partial charge < -0.3 is 5.32 Å². The molecular formula is C7H6ClF2N. The number of hydrogen-bond acceptors (Lipinski definition) is 1. The van der Waals surface area contributed by atoms with Crippen LogP contribution in [0.25, 0.3) is 0 Å². The third kappa shape index (κ3) is 1.43. The third-order valence-electron chi connectivity index (χ3n) is 1.17. The zero-order valence-corrected chi connectivity index (χ0v) is 6.04. The minimum Gasteiger partial charge on any atom is -0.386 e. The van der Waals surface area contributed by atoms with Gasteiger partial charge in [-0.2, -0.15) is 0 Å². The summed E-state index contributed by atoms with van der Waals surface area (Å²) in [5.74, 6) is -2.04. The highest BCUT2D eigenvalue weighted by molar-refractivity contribution is 6.31. The molecule has 1 aromatic carbocycles. The van der Waals surface area contributed by atoms with E-state index in [1.54, 1.807) is 0 Å². The summed E-state index contributed by atoms with van der Waals surface area (Å²) in [4.78, 5) is 0. The fourth-order valence-electron chi connectivity index (χ4n) is 0.622. The van der Waals surface area contributed by atoms with E-state index in [0.29, 0.717) is 0 Å². The Bertz CT molecular complexity index is 354. The summed E-state index contributed by atoms with van der Waals surface area (Å²) < 4.78 is 46.2. The number of nitrogens with one attached hydrogen (secondary N) is 1. The van der Waals surface area contributed by atoms with E-state index in [2.05, 4.69) is 0 Å². The highest BCUT2D eigenvalue weighted by Crippen LogP contribution is 2.24. The lowest BCUT2D eigenvalue weighted by molar-refractivity contribution is 0.586. The second-order valence-corrected chi connectivity index (χ2v) is 2.23. The van der Waals surface area contributed by atoms with Crippen molar-refractivity contribution in [1.29, 1.82) is 0 Å². The van der Waals surface area contributed by atoms with Crippen LogP contribution in [-0.4, -0.2) is 6.98 Å². The van der Waals surface area contributed by atoms with E-state index in [-0.39, 0.29) is 5.69 Å². The molecule has 11 heavy (non-hydrogen) atoms. The van der Waals surface area contributed by atoms with E-state index in [4.69, 9.17) is 15.7 Å². The number of anilines is 1. The number of rotatable bonds is 1. The van der Waals surface area contributed by atoms with Gasteiger partial charge >= 0.3 is 0 Å². The third-order valence-corrected chi connectivity index (χ3v) is 1.52. The molecule has 0 aliphatic rings. The Kier molecular flexibility index (Phi) is 1.37. The lowest BCUT2D eigenvalue weighted by Gasteiger charge is -2.02. The van der Waals surface area contributed by atoms with E-state index in [1.807, 2.05) is 5.32 Å². The van der Waals surface area contributed by atoms with Crippen molar-refractivity contribution in [2.75, 3.05) is 12.3 Å². The number of benzene rings is 1. The quantitative estimate of drug-likeness (QED) is 0.656. The zero-order chi connectivity index (χ0) is 10.9. The minimum absolute atomic E-state index is 0.351. The zero-order valence-electron chi connectivity index (χ0n) is 8.29. The van der Waals surface area contributed by atoms with E-state index >= 15 is 0 Å². The molecule has 0 saturated carbocycles. The fraction of sp³-hybridized carbons (Fsp3) is 0.143. The van der Waals surface area contributed by atoms with Crippen LogP contribution in [0.5, 0.6) is 0 Å². The average molecular weight is 181 g/mol. The van der Waals surface area contributed by atoms with E-state index < -0.39 is 23.6 Å². The minimum atomic E-state index is -2.54. The van der Waals surface area contributed by atoms with Gasteiger partial charge in [-0.1, -0.05) is 11.6 Å². The van der Waals surface area contributed by atoms with Crippen molar-refractivity contribution in [2.24, 2.45) is 0 Å². The van der Waals surface area contributed by atoms with Crippen LogP contribution in [0.3, 0.4) is 0 Å². The topological polar surface area (TPSA) is 12.0 Å². The first-order valence-electron chi connectivity index (χ1n) is 4.23. The molecule has 0 unspecified atom stereocenters. The second-order valence-electron chi connectivity index (χ2n) is 1.85. The van der Waals surface area contributed by atoms with Crippen LogP contribution in [0.2, 0.25) is 5.02 Å². The predicted molar refractivity (Wildman–Crippen MR) is 40.9 cm³/mol. The van der Waals surface area contributed by atoms with Gasteiger partial charge in [-0.25, -0.2) is 8.78 Å². The lowest BCUT2D eigenvalue weighted by atomic mass is 10.3. The molecule has 60 valence electrons. The molecular weight excluding hydrogens is 172 g/mol. The molecule has 0 fully saturated rings. The molecule has 0 spiro atoms. The first kappa shape index (κ1) is 4.93. The Labute approximate surface area is 72.2 Å². The van der Waals surface area contributed by atoms with Crippen molar-refractivity contribution >= 4 is 17.3 Å². The molecule has 0 atom stereocenters. The second kappa shape index (κ2) is 3.05. The normalized spacial score (nSPS) is 15.0. The maximum absolute atomic E-state index is 13.1. The van der Waals surface area contributed by atoms with Gasteiger partial charge in [-0.3, -0.25) is 0 Å². The van der Waals surface area contributed by atoms with Gasteiger partial charge in [0.25, 0.3) is 0 Å². The molecule has 0 bridgehead atoms. The van der Waals surface area contributed by atoms with Crippen LogP contribution >= 0.6 is 11.6 Å². The molecule has 0 saturated heterocycles. The largest absolute Gasteiger partial charge is 0.386 e. The Morgan fingerprint density at radius 3 is 2.91 bits per heavy atom. The van der Waals surface area contributed by atoms with Crippen molar-refractivity contribution < 1.29 is 12.9 Å². The van der Waals surface area contributed by atoms with Gasteiger partial charge in [-0.05, 0) is 12.1 Å². The van der Waals surface area contributed by atoms with Gasteiger partial charge in [0.05, 0.1) is 5.69 Å². The Hall–Kier alpha value is -0.830. The first-order valence-corrected chi connectivity index (χ1v) is 3.11. The van der Waals surface area contributed by atoms with Crippen LogP contribution in [0.15, 0.2) is 12.1 Å². The Morgan fingerprint density at radius 1 is 1.55 bits per heavy atom. The molecule has 1 N–H and O–H groups in total. The molecule has 1 aromatic rings. The standard InChI is InChI=1S/C7H6ClF2N/c1-11-5-3-2-4(9)6(8)7(5)10/h2-3,11H,1H3/i1D3. The van der Waals surface area contributed by atoms with Gasteiger partial charge in [0.1, 0.15) is 10.8 Å². The highest BCUT2D eigenvalue weighted by atomic mass is 35.5. The summed E-state index contributed by atoms with van der Waals surface area (Å²) >= 11 is 5.24. The Balaban J connectivity index is 3.06. The summed E-state index contributed by atoms with van der Waals surface area (Å²) in [7, 11) is 0. The lowest BCUT2D eigenvalue weighted by Crippen LogP contribution is -1.94.